The SMILES string of the molecule is COc1cccc(OCCCNC2CCCCC2)c1. The van der Waals surface area contributed by atoms with Gasteiger partial charge in [0, 0.05) is 12.1 Å². The quantitative estimate of drug-likeness (QED) is 0.765. The predicted octanol–water partition coefficient (Wildman–Crippen LogP) is 3.39. The molecule has 2 rings (SSSR count). The van der Waals surface area contributed by atoms with Crippen molar-refractivity contribution in [3.63, 3.8) is 0 Å². The average molecular weight is 263 g/mol. The lowest BCUT2D eigenvalue weighted by molar-refractivity contribution is 0.295. The standard InChI is InChI=1S/C16H25NO2/c1-18-15-9-5-10-16(13-15)19-12-6-11-17-14-7-3-2-4-8-14/h5,9-10,13-14,17H,2-4,6-8,11-12H2,1H3. The van der Waals surface area contributed by atoms with Gasteiger partial charge < -0.3 is 14.8 Å². The molecule has 0 aliphatic heterocycles. The third kappa shape index (κ3) is 5.11. The molecule has 1 aromatic rings. The van der Waals surface area contributed by atoms with Crippen LogP contribution in [0.3, 0.4) is 0 Å². The fourth-order valence-electron chi connectivity index (χ4n) is 2.57. The lowest BCUT2D eigenvalue weighted by atomic mass is 9.95. The van der Waals surface area contributed by atoms with Crippen LogP contribution in [0.15, 0.2) is 24.3 Å². The predicted molar refractivity (Wildman–Crippen MR) is 78.0 cm³/mol. The van der Waals surface area contributed by atoms with Gasteiger partial charge in [-0.05, 0) is 37.9 Å². The molecule has 0 bridgehead atoms. The third-order valence-corrected chi connectivity index (χ3v) is 3.67. The van der Waals surface area contributed by atoms with Gasteiger partial charge in [0.15, 0.2) is 0 Å². The van der Waals surface area contributed by atoms with Crippen molar-refractivity contribution in [3.05, 3.63) is 24.3 Å². The van der Waals surface area contributed by atoms with Gasteiger partial charge in [0.1, 0.15) is 11.5 Å². The molecular formula is C16H25NO2. The summed E-state index contributed by atoms with van der Waals surface area (Å²) in [5, 5.41) is 3.63. The summed E-state index contributed by atoms with van der Waals surface area (Å²) in [6, 6.07) is 8.52. The largest absolute Gasteiger partial charge is 0.497 e. The lowest BCUT2D eigenvalue weighted by Crippen LogP contribution is -2.32. The van der Waals surface area contributed by atoms with Crippen LogP contribution in [0.4, 0.5) is 0 Å². The summed E-state index contributed by atoms with van der Waals surface area (Å²) in [4.78, 5) is 0. The molecule has 19 heavy (non-hydrogen) atoms. The Balaban J connectivity index is 1.58. The van der Waals surface area contributed by atoms with Crippen molar-refractivity contribution in [2.45, 2.75) is 44.6 Å². The first-order chi connectivity index (χ1) is 9.38. The van der Waals surface area contributed by atoms with E-state index in [1.165, 1.54) is 32.1 Å². The molecule has 0 spiro atoms. The Kier molecular flexibility index (Phi) is 6.02. The monoisotopic (exact) mass is 263 g/mol. The molecule has 0 aromatic heterocycles. The minimum absolute atomic E-state index is 0.741. The molecule has 3 heteroatoms. The smallest absolute Gasteiger partial charge is 0.122 e. The summed E-state index contributed by atoms with van der Waals surface area (Å²) in [6.07, 6.45) is 7.92. The number of rotatable bonds is 7. The van der Waals surface area contributed by atoms with Crippen LogP contribution in [0, 0.1) is 0 Å². The molecule has 1 fully saturated rings. The number of nitrogens with one attached hydrogen (secondary N) is 1. The highest BCUT2D eigenvalue weighted by Gasteiger charge is 2.11. The molecule has 1 aliphatic carbocycles. The van der Waals surface area contributed by atoms with Gasteiger partial charge in [0.05, 0.1) is 13.7 Å². The summed E-state index contributed by atoms with van der Waals surface area (Å²) in [5.74, 6) is 1.73. The molecule has 106 valence electrons. The second kappa shape index (κ2) is 8.05. The Bertz CT molecular complexity index is 362. The van der Waals surface area contributed by atoms with E-state index in [0.29, 0.717) is 0 Å². The fourth-order valence-corrected chi connectivity index (χ4v) is 2.57. The lowest BCUT2D eigenvalue weighted by Gasteiger charge is -2.22. The highest BCUT2D eigenvalue weighted by atomic mass is 16.5. The maximum absolute atomic E-state index is 5.72. The summed E-state index contributed by atoms with van der Waals surface area (Å²) in [7, 11) is 1.67. The van der Waals surface area contributed by atoms with Crippen LogP contribution in [-0.2, 0) is 0 Å². The van der Waals surface area contributed by atoms with Crippen LogP contribution in [-0.4, -0.2) is 26.3 Å². The molecule has 0 saturated heterocycles. The van der Waals surface area contributed by atoms with Gasteiger partial charge in [-0.3, -0.25) is 0 Å². The molecule has 0 unspecified atom stereocenters. The second-order valence-corrected chi connectivity index (χ2v) is 5.17. The van der Waals surface area contributed by atoms with Crippen molar-refractivity contribution in [1.29, 1.82) is 0 Å². The fraction of sp³-hybridized carbons (Fsp3) is 0.625. The molecule has 3 nitrogen and oxygen atoms in total. The molecule has 1 saturated carbocycles. The molecule has 0 amide bonds. The Morgan fingerprint density at radius 2 is 1.95 bits per heavy atom. The van der Waals surface area contributed by atoms with E-state index in [2.05, 4.69) is 5.32 Å². The average Bonchev–Trinajstić information content (AvgIpc) is 2.48. The summed E-state index contributed by atoms with van der Waals surface area (Å²) in [6.45, 7) is 1.81. The number of benzene rings is 1. The van der Waals surface area contributed by atoms with Gasteiger partial charge in [-0.15, -0.1) is 0 Å². The van der Waals surface area contributed by atoms with Crippen LogP contribution in [0.25, 0.3) is 0 Å². The van der Waals surface area contributed by atoms with Crippen molar-refractivity contribution in [2.24, 2.45) is 0 Å². The van der Waals surface area contributed by atoms with E-state index in [4.69, 9.17) is 9.47 Å². The number of hydrogen-bond acceptors (Lipinski definition) is 3. The summed E-state index contributed by atoms with van der Waals surface area (Å²) >= 11 is 0. The van der Waals surface area contributed by atoms with Crippen molar-refractivity contribution in [1.82, 2.24) is 5.32 Å². The molecule has 0 atom stereocenters. The van der Waals surface area contributed by atoms with Crippen LogP contribution in [0.5, 0.6) is 11.5 Å². The number of hydrogen-bond donors (Lipinski definition) is 1. The molecule has 1 aromatic carbocycles. The van der Waals surface area contributed by atoms with E-state index < -0.39 is 0 Å². The zero-order chi connectivity index (χ0) is 13.3. The number of methoxy groups -OCH3 is 1. The third-order valence-electron chi connectivity index (χ3n) is 3.67. The Morgan fingerprint density at radius 1 is 1.16 bits per heavy atom. The van der Waals surface area contributed by atoms with Crippen LogP contribution < -0.4 is 14.8 Å². The molecule has 1 N–H and O–H groups in total. The van der Waals surface area contributed by atoms with E-state index in [1.54, 1.807) is 7.11 Å². The Morgan fingerprint density at radius 3 is 2.74 bits per heavy atom. The minimum Gasteiger partial charge on any atom is -0.497 e. The highest BCUT2D eigenvalue weighted by molar-refractivity contribution is 5.32. The van der Waals surface area contributed by atoms with E-state index in [1.807, 2.05) is 24.3 Å². The van der Waals surface area contributed by atoms with E-state index in [0.717, 1.165) is 37.1 Å². The first-order valence-corrected chi connectivity index (χ1v) is 7.39. The molecule has 0 heterocycles. The highest BCUT2D eigenvalue weighted by Crippen LogP contribution is 2.19. The van der Waals surface area contributed by atoms with Crippen molar-refractivity contribution in [2.75, 3.05) is 20.3 Å². The van der Waals surface area contributed by atoms with Gasteiger partial charge in [-0.25, -0.2) is 0 Å². The van der Waals surface area contributed by atoms with Gasteiger partial charge >= 0.3 is 0 Å². The Hall–Kier alpha value is -1.22. The second-order valence-electron chi connectivity index (χ2n) is 5.17. The van der Waals surface area contributed by atoms with Gasteiger partial charge in [-0.2, -0.15) is 0 Å². The zero-order valence-corrected chi connectivity index (χ0v) is 11.9. The van der Waals surface area contributed by atoms with Crippen LogP contribution >= 0.6 is 0 Å². The topological polar surface area (TPSA) is 30.5 Å². The van der Waals surface area contributed by atoms with Crippen molar-refractivity contribution >= 4 is 0 Å². The maximum atomic E-state index is 5.72. The summed E-state index contributed by atoms with van der Waals surface area (Å²) in [5.41, 5.74) is 0. The van der Waals surface area contributed by atoms with Crippen molar-refractivity contribution < 1.29 is 9.47 Å². The summed E-state index contributed by atoms with van der Waals surface area (Å²) < 4.78 is 10.9. The molecular weight excluding hydrogens is 238 g/mol. The first kappa shape index (κ1) is 14.2. The van der Waals surface area contributed by atoms with Gasteiger partial charge in [-0.1, -0.05) is 25.3 Å². The van der Waals surface area contributed by atoms with E-state index in [-0.39, 0.29) is 0 Å². The maximum Gasteiger partial charge on any atom is 0.122 e. The van der Waals surface area contributed by atoms with E-state index in [9.17, 15) is 0 Å². The van der Waals surface area contributed by atoms with Gasteiger partial charge in [0.25, 0.3) is 0 Å². The van der Waals surface area contributed by atoms with Crippen LogP contribution in [0.2, 0.25) is 0 Å². The van der Waals surface area contributed by atoms with Gasteiger partial charge in [0.2, 0.25) is 0 Å². The van der Waals surface area contributed by atoms with Crippen LogP contribution in [0.1, 0.15) is 38.5 Å². The first-order valence-electron chi connectivity index (χ1n) is 7.39. The number of ether oxygens (including phenoxy) is 2. The minimum atomic E-state index is 0.741. The van der Waals surface area contributed by atoms with E-state index >= 15 is 0 Å². The normalized spacial score (nSPS) is 16.3. The van der Waals surface area contributed by atoms with Crippen molar-refractivity contribution in [3.8, 4) is 11.5 Å². The Labute approximate surface area is 116 Å². The zero-order valence-electron chi connectivity index (χ0n) is 11.9. The molecule has 0 radical (unpaired) electrons. The molecule has 1 aliphatic rings.